The summed E-state index contributed by atoms with van der Waals surface area (Å²) in [7, 11) is 2.15. The van der Waals surface area contributed by atoms with Gasteiger partial charge in [0.25, 0.3) is 0 Å². The van der Waals surface area contributed by atoms with Crippen molar-refractivity contribution in [3.8, 4) is 11.3 Å². The van der Waals surface area contributed by atoms with Gasteiger partial charge in [0.15, 0.2) is 5.78 Å². The van der Waals surface area contributed by atoms with Gasteiger partial charge in [-0.05, 0) is 43.0 Å². The van der Waals surface area contributed by atoms with Crippen LogP contribution in [-0.2, 0) is 11.2 Å². The van der Waals surface area contributed by atoms with Gasteiger partial charge in [-0.1, -0.05) is 42.4 Å². The zero-order valence-electron chi connectivity index (χ0n) is 18.1. The number of allylic oxidation sites excluding steroid dienone is 1. The van der Waals surface area contributed by atoms with Crippen LogP contribution in [0, 0.1) is 0 Å². The molecule has 0 atom stereocenters. The van der Waals surface area contributed by atoms with Gasteiger partial charge in [0, 0.05) is 49.5 Å². The van der Waals surface area contributed by atoms with E-state index < -0.39 is 0 Å². The Balaban J connectivity index is 1.55. The molecule has 1 aromatic heterocycles. The SMILES string of the molecule is C=CC(=O)Cc1cccc(-c2nc(Nc3cccc(N4CCN(C)CC4)c3)ncc2Cl)c1. The number of nitrogens with zero attached hydrogens (tertiary/aromatic N) is 4. The molecule has 1 aliphatic rings. The second kappa shape index (κ2) is 9.94. The third-order valence-corrected chi connectivity index (χ3v) is 5.80. The van der Waals surface area contributed by atoms with Crippen molar-refractivity contribution >= 4 is 34.7 Å². The van der Waals surface area contributed by atoms with Crippen molar-refractivity contribution in [1.29, 1.82) is 0 Å². The summed E-state index contributed by atoms with van der Waals surface area (Å²) in [5, 5.41) is 3.75. The summed E-state index contributed by atoms with van der Waals surface area (Å²) >= 11 is 6.41. The molecule has 0 saturated carbocycles. The van der Waals surface area contributed by atoms with E-state index in [0.717, 1.165) is 43.0 Å². The van der Waals surface area contributed by atoms with E-state index in [1.807, 2.05) is 36.4 Å². The average molecular weight is 448 g/mol. The molecule has 0 amide bonds. The average Bonchev–Trinajstić information content (AvgIpc) is 2.81. The Morgan fingerprint density at radius 2 is 1.94 bits per heavy atom. The fourth-order valence-electron chi connectivity index (χ4n) is 3.71. The van der Waals surface area contributed by atoms with Gasteiger partial charge < -0.3 is 15.1 Å². The number of nitrogens with one attached hydrogen (secondary N) is 1. The lowest BCUT2D eigenvalue weighted by molar-refractivity contribution is -0.114. The number of ketones is 1. The first kappa shape index (κ1) is 22.0. The number of piperazine rings is 1. The summed E-state index contributed by atoms with van der Waals surface area (Å²) in [6, 6.07) is 15.9. The second-order valence-electron chi connectivity index (χ2n) is 7.90. The highest BCUT2D eigenvalue weighted by Gasteiger charge is 2.15. The molecule has 32 heavy (non-hydrogen) atoms. The Hall–Kier alpha value is -3.22. The quantitative estimate of drug-likeness (QED) is 0.534. The molecule has 0 radical (unpaired) electrons. The zero-order valence-corrected chi connectivity index (χ0v) is 18.8. The number of hydrogen-bond donors (Lipinski definition) is 1. The maximum Gasteiger partial charge on any atom is 0.227 e. The normalized spacial score (nSPS) is 14.2. The van der Waals surface area contributed by atoms with Crippen molar-refractivity contribution in [3.05, 3.63) is 78.0 Å². The van der Waals surface area contributed by atoms with Crippen LogP contribution in [0.3, 0.4) is 0 Å². The van der Waals surface area contributed by atoms with Crippen molar-refractivity contribution < 1.29 is 4.79 Å². The molecule has 4 rings (SSSR count). The van der Waals surface area contributed by atoms with E-state index >= 15 is 0 Å². The van der Waals surface area contributed by atoms with Crippen LogP contribution in [-0.4, -0.2) is 53.9 Å². The molecule has 1 saturated heterocycles. The Labute approximate surface area is 193 Å². The molecule has 164 valence electrons. The predicted octanol–water partition coefficient (Wildman–Crippen LogP) is 4.59. The van der Waals surface area contributed by atoms with Crippen LogP contribution in [0.1, 0.15) is 5.56 Å². The summed E-state index contributed by atoms with van der Waals surface area (Å²) < 4.78 is 0. The molecule has 2 heterocycles. The van der Waals surface area contributed by atoms with Gasteiger partial charge >= 0.3 is 0 Å². The second-order valence-corrected chi connectivity index (χ2v) is 8.31. The minimum Gasteiger partial charge on any atom is -0.369 e. The first-order valence-electron chi connectivity index (χ1n) is 10.6. The molecule has 0 bridgehead atoms. The molecular formula is C25H26ClN5O. The largest absolute Gasteiger partial charge is 0.369 e. The van der Waals surface area contributed by atoms with Crippen molar-refractivity contribution in [2.45, 2.75) is 6.42 Å². The maximum absolute atomic E-state index is 11.7. The molecule has 0 spiro atoms. The van der Waals surface area contributed by atoms with Gasteiger partial charge in [-0.15, -0.1) is 0 Å². The number of carbonyl (C=O) groups is 1. The van der Waals surface area contributed by atoms with Gasteiger partial charge in [-0.25, -0.2) is 9.97 Å². The van der Waals surface area contributed by atoms with Crippen LogP contribution < -0.4 is 10.2 Å². The van der Waals surface area contributed by atoms with Crippen LogP contribution >= 0.6 is 11.6 Å². The number of halogens is 1. The summed E-state index contributed by atoms with van der Waals surface area (Å²) in [5.41, 5.74) is 4.43. The number of aromatic nitrogens is 2. The van der Waals surface area contributed by atoms with Crippen molar-refractivity contribution in [3.63, 3.8) is 0 Å². The molecule has 6 nitrogen and oxygen atoms in total. The molecule has 2 aromatic carbocycles. The Morgan fingerprint density at radius 3 is 2.72 bits per heavy atom. The van der Waals surface area contributed by atoms with E-state index in [-0.39, 0.29) is 5.78 Å². The minimum atomic E-state index is -0.0291. The lowest BCUT2D eigenvalue weighted by Gasteiger charge is -2.34. The van der Waals surface area contributed by atoms with Crippen LogP contribution in [0.15, 0.2) is 67.4 Å². The maximum atomic E-state index is 11.7. The Morgan fingerprint density at radius 1 is 1.16 bits per heavy atom. The van der Waals surface area contributed by atoms with Crippen molar-refractivity contribution in [2.24, 2.45) is 0 Å². The first-order valence-corrected chi connectivity index (χ1v) is 11.0. The summed E-state index contributed by atoms with van der Waals surface area (Å²) in [5.74, 6) is 0.436. The molecule has 1 fully saturated rings. The van der Waals surface area contributed by atoms with E-state index in [4.69, 9.17) is 11.6 Å². The summed E-state index contributed by atoms with van der Waals surface area (Å²) in [6.07, 6.45) is 3.23. The van der Waals surface area contributed by atoms with Crippen LogP contribution in [0.25, 0.3) is 11.3 Å². The van der Waals surface area contributed by atoms with Crippen molar-refractivity contribution in [2.75, 3.05) is 43.4 Å². The predicted molar refractivity (Wildman–Crippen MR) is 131 cm³/mol. The van der Waals surface area contributed by atoms with Crippen molar-refractivity contribution in [1.82, 2.24) is 14.9 Å². The Bertz CT molecular complexity index is 1120. The highest BCUT2D eigenvalue weighted by Crippen LogP contribution is 2.29. The van der Waals surface area contributed by atoms with Gasteiger partial charge in [0.2, 0.25) is 5.95 Å². The fraction of sp³-hybridized carbons (Fsp3) is 0.240. The zero-order chi connectivity index (χ0) is 22.5. The third kappa shape index (κ3) is 5.33. The molecule has 1 aliphatic heterocycles. The highest BCUT2D eigenvalue weighted by atomic mass is 35.5. The number of likely N-dealkylation sites (N-methyl/N-ethyl adjacent to an activating group) is 1. The van der Waals surface area contributed by atoms with Crippen LogP contribution in [0.4, 0.5) is 17.3 Å². The van der Waals surface area contributed by atoms with E-state index in [9.17, 15) is 4.79 Å². The van der Waals surface area contributed by atoms with Gasteiger partial charge in [0.05, 0.1) is 16.9 Å². The van der Waals surface area contributed by atoms with E-state index in [2.05, 4.69) is 50.8 Å². The fourth-order valence-corrected chi connectivity index (χ4v) is 3.91. The summed E-state index contributed by atoms with van der Waals surface area (Å²) in [6.45, 7) is 7.66. The highest BCUT2D eigenvalue weighted by molar-refractivity contribution is 6.32. The molecule has 1 N–H and O–H groups in total. The molecule has 7 heteroatoms. The topological polar surface area (TPSA) is 61.4 Å². The van der Waals surface area contributed by atoms with Crippen LogP contribution in [0.5, 0.6) is 0 Å². The number of rotatable bonds is 7. The number of carbonyl (C=O) groups excluding carboxylic acids is 1. The minimum absolute atomic E-state index is 0.0291. The standard InChI is InChI=1S/C25H26ClN5O/c1-3-22(32)15-18-6-4-7-19(14-18)24-23(26)17-27-25(29-24)28-20-8-5-9-21(16-20)31-12-10-30(2)11-13-31/h3-9,14,16-17H,1,10-13,15H2,2H3,(H,27,28,29). The molecule has 0 aliphatic carbocycles. The van der Waals surface area contributed by atoms with Gasteiger partial charge in [-0.3, -0.25) is 4.79 Å². The van der Waals surface area contributed by atoms with E-state index in [1.54, 1.807) is 6.20 Å². The number of hydrogen-bond acceptors (Lipinski definition) is 6. The summed E-state index contributed by atoms with van der Waals surface area (Å²) in [4.78, 5) is 25.5. The lowest BCUT2D eigenvalue weighted by atomic mass is 10.0. The molecule has 3 aromatic rings. The number of benzene rings is 2. The van der Waals surface area contributed by atoms with E-state index in [0.29, 0.717) is 23.1 Å². The first-order chi connectivity index (χ1) is 15.5. The van der Waals surface area contributed by atoms with Gasteiger partial charge in [-0.2, -0.15) is 0 Å². The smallest absolute Gasteiger partial charge is 0.227 e. The molecular weight excluding hydrogens is 422 g/mol. The number of anilines is 3. The van der Waals surface area contributed by atoms with Gasteiger partial charge in [0.1, 0.15) is 0 Å². The third-order valence-electron chi connectivity index (χ3n) is 5.52. The Kier molecular flexibility index (Phi) is 6.83. The monoisotopic (exact) mass is 447 g/mol. The molecule has 0 unspecified atom stereocenters. The van der Waals surface area contributed by atoms with E-state index in [1.165, 1.54) is 11.8 Å². The van der Waals surface area contributed by atoms with Crippen LogP contribution in [0.2, 0.25) is 5.02 Å². The lowest BCUT2D eigenvalue weighted by Crippen LogP contribution is -2.44.